The van der Waals surface area contributed by atoms with Crippen molar-refractivity contribution in [3.05, 3.63) is 135 Å². The summed E-state index contributed by atoms with van der Waals surface area (Å²) < 4.78 is 27.8. The van der Waals surface area contributed by atoms with Crippen molar-refractivity contribution in [2.75, 3.05) is 0 Å². The SMILES string of the molecule is O=C(NCc1ccccc1Cl)C(c1ccccc1)N(Cc1ccc(Cl)cc1)C(=O)CCc1ccc(S(=O)(=O)NC2CC2)cc1. The first kappa shape index (κ1) is 31.7. The van der Waals surface area contributed by atoms with E-state index >= 15 is 0 Å². The van der Waals surface area contributed by atoms with Crippen LogP contribution in [0.25, 0.3) is 0 Å². The average molecular weight is 651 g/mol. The van der Waals surface area contributed by atoms with Crippen LogP contribution in [0.15, 0.2) is 108 Å². The minimum atomic E-state index is -3.56. The Hall–Kier alpha value is -3.69. The van der Waals surface area contributed by atoms with Crippen LogP contribution in [0.2, 0.25) is 10.0 Å². The zero-order valence-electron chi connectivity index (χ0n) is 24.0. The molecule has 7 nitrogen and oxygen atoms in total. The predicted octanol–water partition coefficient (Wildman–Crippen LogP) is 6.45. The van der Waals surface area contributed by atoms with E-state index in [1.807, 2.05) is 60.7 Å². The summed E-state index contributed by atoms with van der Waals surface area (Å²) in [6.45, 7) is 0.384. The Bertz CT molecular complexity index is 1700. The van der Waals surface area contributed by atoms with Gasteiger partial charge in [0.1, 0.15) is 6.04 Å². The lowest BCUT2D eigenvalue weighted by Gasteiger charge is -2.32. The van der Waals surface area contributed by atoms with Crippen LogP contribution in [0.4, 0.5) is 0 Å². The Morgan fingerprint density at radius 3 is 2.11 bits per heavy atom. The molecule has 2 amide bonds. The van der Waals surface area contributed by atoms with Crippen LogP contribution in [-0.4, -0.2) is 31.2 Å². The van der Waals surface area contributed by atoms with Gasteiger partial charge in [-0.25, -0.2) is 13.1 Å². The quantitative estimate of drug-likeness (QED) is 0.174. The number of rotatable bonds is 13. The molecule has 44 heavy (non-hydrogen) atoms. The van der Waals surface area contributed by atoms with Crippen LogP contribution < -0.4 is 10.0 Å². The zero-order valence-corrected chi connectivity index (χ0v) is 26.3. The van der Waals surface area contributed by atoms with E-state index in [4.69, 9.17) is 23.2 Å². The third kappa shape index (κ3) is 8.48. The van der Waals surface area contributed by atoms with Crippen LogP contribution in [-0.2, 0) is 39.1 Å². The van der Waals surface area contributed by atoms with Gasteiger partial charge in [-0.3, -0.25) is 9.59 Å². The monoisotopic (exact) mass is 649 g/mol. The number of carbonyl (C=O) groups is 2. The Morgan fingerprint density at radius 2 is 1.45 bits per heavy atom. The van der Waals surface area contributed by atoms with Gasteiger partial charge in [-0.1, -0.05) is 96.0 Å². The third-order valence-electron chi connectivity index (χ3n) is 7.43. The summed E-state index contributed by atoms with van der Waals surface area (Å²) in [5.41, 5.74) is 3.07. The second-order valence-corrected chi connectivity index (χ2v) is 13.4. The average Bonchev–Trinajstić information content (AvgIpc) is 3.84. The number of halogens is 2. The number of amides is 2. The van der Waals surface area contributed by atoms with Gasteiger partial charge in [0.2, 0.25) is 21.8 Å². The largest absolute Gasteiger partial charge is 0.350 e. The normalized spacial score (nSPS) is 13.7. The maximum atomic E-state index is 14.0. The molecule has 1 unspecified atom stereocenters. The lowest BCUT2D eigenvalue weighted by molar-refractivity contribution is -0.141. The summed E-state index contributed by atoms with van der Waals surface area (Å²) in [6.07, 6.45) is 2.19. The lowest BCUT2D eigenvalue weighted by Crippen LogP contribution is -2.43. The first-order chi connectivity index (χ1) is 21.2. The Labute approximate surface area is 268 Å². The van der Waals surface area contributed by atoms with Crippen LogP contribution in [0, 0.1) is 0 Å². The fraction of sp³-hybridized carbons (Fsp3) is 0.235. The van der Waals surface area contributed by atoms with Crippen molar-refractivity contribution in [1.29, 1.82) is 0 Å². The minimum Gasteiger partial charge on any atom is -0.350 e. The zero-order chi connectivity index (χ0) is 31.1. The molecule has 1 aliphatic carbocycles. The van der Waals surface area contributed by atoms with E-state index in [-0.39, 0.29) is 42.3 Å². The van der Waals surface area contributed by atoms with E-state index < -0.39 is 16.1 Å². The molecule has 10 heteroatoms. The molecule has 0 bridgehead atoms. The smallest absolute Gasteiger partial charge is 0.247 e. The van der Waals surface area contributed by atoms with Crippen molar-refractivity contribution < 1.29 is 18.0 Å². The highest BCUT2D eigenvalue weighted by molar-refractivity contribution is 7.89. The van der Waals surface area contributed by atoms with Gasteiger partial charge in [-0.2, -0.15) is 0 Å². The molecule has 4 aromatic rings. The van der Waals surface area contributed by atoms with Gasteiger partial charge in [0, 0.05) is 35.6 Å². The first-order valence-corrected chi connectivity index (χ1v) is 16.6. The van der Waals surface area contributed by atoms with Crippen molar-refractivity contribution in [3.63, 3.8) is 0 Å². The highest BCUT2D eigenvalue weighted by Crippen LogP contribution is 2.27. The van der Waals surface area contributed by atoms with Gasteiger partial charge >= 0.3 is 0 Å². The molecule has 0 spiro atoms. The maximum absolute atomic E-state index is 14.0. The number of hydrogen-bond acceptors (Lipinski definition) is 4. The van der Waals surface area contributed by atoms with Gasteiger partial charge in [0.25, 0.3) is 0 Å². The maximum Gasteiger partial charge on any atom is 0.247 e. The van der Waals surface area contributed by atoms with Crippen molar-refractivity contribution in [2.24, 2.45) is 0 Å². The molecular formula is C34H33Cl2N3O4S. The predicted molar refractivity (Wildman–Crippen MR) is 173 cm³/mol. The second-order valence-electron chi connectivity index (χ2n) is 10.8. The molecule has 0 saturated heterocycles. The van der Waals surface area contributed by atoms with Gasteiger partial charge in [-0.15, -0.1) is 0 Å². The second kappa shape index (κ2) is 14.4. The Kier molecular flexibility index (Phi) is 10.4. The van der Waals surface area contributed by atoms with Crippen LogP contribution >= 0.6 is 23.2 Å². The van der Waals surface area contributed by atoms with E-state index in [1.165, 1.54) is 0 Å². The van der Waals surface area contributed by atoms with Gasteiger partial charge in [-0.05, 0) is 71.8 Å². The molecule has 1 atom stereocenters. The molecular weight excluding hydrogens is 617 g/mol. The molecule has 4 aromatic carbocycles. The lowest BCUT2D eigenvalue weighted by atomic mass is 10.0. The van der Waals surface area contributed by atoms with E-state index in [0.717, 1.165) is 29.5 Å². The van der Waals surface area contributed by atoms with Crippen molar-refractivity contribution >= 4 is 45.0 Å². The molecule has 0 aromatic heterocycles. The molecule has 2 N–H and O–H groups in total. The molecule has 228 valence electrons. The van der Waals surface area contributed by atoms with Crippen molar-refractivity contribution in [2.45, 2.75) is 55.8 Å². The Morgan fingerprint density at radius 1 is 0.818 bits per heavy atom. The van der Waals surface area contributed by atoms with E-state index in [9.17, 15) is 18.0 Å². The standard InChI is InChI=1S/C34H33Cl2N3O4S/c35-28-15-10-25(11-16-28)23-39(32(40)21-14-24-12-19-30(20-13-24)44(42,43)38-29-17-18-29)33(26-6-2-1-3-7-26)34(41)37-22-27-8-4-5-9-31(27)36/h1-13,15-16,19-20,29,33,38H,14,17-18,21-23H2,(H,37,41). The van der Waals surface area contributed by atoms with Crippen LogP contribution in [0.3, 0.4) is 0 Å². The van der Waals surface area contributed by atoms with Crippen molar-refractivity contribution in [1.82, 2.24) is 14.9 Å². The number of hydrogen-bond donors (Lipinski definition) is 2. The molecule has 0 heterocycles. The minimum absolute atomic E-state index is 0.0170. The van der Waals surface area contributed by atoms with E-state index in [0.29, 0.717) is 22.0 Å². The fourth-order valence-corrected chi connectivity index (χ4v) is 6.49. The molecule has 1 saturated carbocycles. The summed E-state index contributed by atoms with van der Waals surface area (Å²) in [6, 6.07) is 29.3. The highest BCUT2D eigenvalue weighted by atomic mass is 35.5. The van der Waals surface area contributed by atoms with Crippen LogP contribution in [0.1, 0.15) is 47.6 Å². The summed E-state index contributed by atoms with van der Waals surface area (Å²) in [5.74, 6) is -0.565. The Balaban J connectivity index is 1.38. The number of nitrogens with one attached hydrogen (secondary N) is 2. The number of sulfonamides is 1. The summed E-state index contributed by atoms with van der Waals surface area (Å²) in [5, 5.41) is 4.09. The first-order valence-electron chi connectivity index (χ1n) is 14.4. The van der Waals surface area contributed by atoms with Crippen molar-refractivity contribution in [3.8, 4) is 0 Å². The molecule has 5 rings (SSSR count). The highest BCUT2D eigenvalue weighted by Gasteiger charge is 2.32. The summed E-state index contributed by atoms with van der Waals surface area (Å²) in [4.78, 5) is 29.6. The number of nitrogens with zero attached hydrogens (tertiary/aromatic N) is 1. The fourth-order valence-electron chi connectivity index (χ4n) is 4.86. The summed E-state index contributed by atoms with van der Waals surface area (Å²) >= 11 is 12.5. The summed E-state index contributed by atoms with van der Waals surface area (Å²) in [7, 11) is -3.56. The number of benzene rings is 4. The molecule has 0 radical (unpaired) electrons. The topological polar surface area (TPSA) is 95.6 Å². The molecule has 1 aliphatic rings. The number of carbonyl (C=O) groups excluding carboxylic acids is 2. The molecule has 0 aliphatic heterocycles. The van der Waals surface area contributed by atoms with Crippen LogP contribution in [0.5, 0.6) is 0 Å². The van der Waals surface area contributed by atoms with Gasteiger partial charge in [0.05, 0.1) is 4.90 Å². The third-order valence-corrected chi connectivity index (χ3v) is 9.59. The number of aryl methyl sites for hydroxylation is 1. The van der Waals surface area contributed by atoms with E-state index in [2.05, 4.69) is 10.0 Å². The molecule has 1 fully saturated rings. The van der Waals surface area contributed by atoms with Gasteiger partial charge < -0.3 is 10.2 Å². The van der Waals surface area contributed by atoms with E-state index in [1.54, 1.807) is 47.4 Å². The van der Waals surface area contributed by atoms with Gasteiger partial charge in [0.15, 0.2) is 0 Å².